The van der Waals surface area contributed by atoms with Gasteiger partial charge in [-0.1, -0.05) is 18.2 Å². The molecule has 0 radical (unpaired) electrons. The lowest BCUT2D eigenvalue weighted by Gasteiger charge is -2.27. The highest BCUT2D eigenvalue weighted by Gasteiger charge is 2.30. The van der Waals surface area contributed by atoms with Crippen molar-refractivity contribution in [3.63, 3.8) is 0 Å². The van der Waals surface area contributed by atoms with Crippen molar-refractivity contribution in [1.82, 2.24) is 20.4 Å². The van der Waals surface area contributed by atoms with Crippen LogP contribution in [0.25, 0.3) is 0 Å². The largest absolute Gasteiger partial charge is 0.347 e. The standard InChI is InChI=1S/C17H17N5O4/c1-2-8-18-16(23)15-12-10-21(9-7-13(12)19-20-15)17(24)11-5-3-4-6-14(11)22(25)26/h2-6H,1,7-10H2,(H,18,23)(H,19,20). The molecule has 0 spiro atoms. The van der Waals surface area contributed by atoms with Gasteiger partial charge in [0.15, 0.2) is 5.69 Å². The van der Waals surface area contributed by atoms with Crippen molar-refractivity contribution >= 4 is 17.5 Å². The number of aromatic amines is 1. The Hall–Kier alpha value is -3.49. The van der Waals surface area contributed by atoms with Crippen molar-refractivity contribution in [2.24, 2.45) is 0 Å². The summed E-state index contributed by atoms with van der Waals surface area (Å²) in [6.07, 6.45) is 2.05. The van der Waals surface area contributed by atoms with Gasteiger partial charge in [0.25, 0.3) is 17.5 Å². The van der Waals surface area contributed by atoms with Crippen LogP contribution in [0.5, 0.6) is 0 Å². The summed E-state index contributed by atoms with van der Waals surface area (Å²) in [5, 5.41) is 20.7. The van der Waals surface area contributed by atoms with Crippen LogP contribution in [0.2, 0.25) is 0 Å². The molecule has 9 nitrogen and oxygen atoms in total. The lowest BCUT2D eigenvalue weighted by molar-refractivity contribution is -0.385. The summed E-state index contributed by atoms with van der Waals surface area (Å²) in [4.78, 5) is 37.1. The maximum atomic E-state index is 12.8. The Bertz CT molecular complexity index is 889. The first kappa shape index (κ1) is 17.3. The van der Waals surface area contributed by atoms with E-state index in [0.717, 1.165) is 5.69 Å². The Morgan fingerprint density at radius 1 is 1.42 bits per heavy atom. The van der Waals surface area contributed by atoms with Gasteiger partial charge in [0.2, 0.25) is 0 Å². The van der Waals surface area contributed by atoms with Crippen molar-refractivity contribution in [1.29, 1.82) is 0 Å². The first-order chi connectivity index (χ1) is 12.5. The highest BCUT2D eigenvalue weighted by atomic mass is 16.6. The molecule has 0 saturated heterocycles. The SMILES string of the molecule is C=CCNC(=O)c1n[nH]c2c1CN(C(=O)c1ccccc1[N+](=O)[O-])CC2. The van der Waals surface area contributed by atoms with Gasteiger partial charge in [-0.3, -0.25) is 24.8 Å². The van der Waals surface area contributed by atoms with E-state index >= 15 is 0 Å². The Morgan fingerprint density at radius 3 is 2.92 bits per heavy atom. The number of carbonyl (C=O) groups excluding carboxylic acids is 2. The molecule has 9 heteroatoms. The summed E-state index contributed by atoms with van der Waals surface area (Å²) in [6, 6.07) is 5.83. The van der Waals surface area contributed by atoms with Crippen molar-refractivity contribution in [3.8, 4) is 0 Å². The molecule has 0 atom stereocenters. The van der Waals surface area contributed by atoms with E-state index in [1.165, 1.54) is 23.1 Å². The predicted octanol–water partition coefficient (Wildman–Crippen LogP) is 1.43. The van der Waals surface area contributed by atoms with Crippen LogP contribution in [-0.4, -0.2) is 44.9 Å². The Balaban J connectivity index is 1.85. The van der Waals surface area contributed by atoms with Gasteiger partial charge in [-0.15, -0.1) is 6.58 Å². The number of rotatable bonds is 5. The third-order valence-electron chi connectivity index (χ3n) is 4.17. The average Bonchev–Trinajstić information content (AvgIpc) is 3.08. The third-order valence-corrected chi connectivity index (χ3v) is 4.17. The minimum Gasteiger partial charge on any atom is -0.347 e. The summed E-state index contributed by atoms with van der Waals surface area (Å²) in [7, 11) is 0. The van der Waals surface area contributed by atoms with E-state index in [1.807, 2.05) is 0 Å². The molecule has 0 bridgehead atoms. The fourth-order valence-electron chi connectivity index (χ4n) is 2.89. The molecule has 1 aliphatic rings. The normalized spacial score (nSPS) is 13.0. The number of nitrogens with zero attached hydrogens (tertiary/aromatic N) is 3. The maximum Gasteiger partial charge on any atom is 0.282 e. The van der Waals surface area contributed by atoms with Gasteiger partial charge >= 0.3 is 0 Å². The van der Waals surface area contributed by atoms with Crippen LogP contribution in [0.3, 0.4) is 0 Å². The summed E-state index contributed by atoms with van der Waals surface area (Å²) < 4.78 is 0. The smallest absolute Gasteiger partial charge is 0.282 e. The number of hydrogen-bond acceptors (Lipinski definition) is 5. The van der Waals surface area contributed by atoms with E-state index in [4.69, 9.17) is 0 Å². The molecule has 0 saturated carbocycles. The van der Waals surface area contributed by atoms with Gasteiger partial charge in [-0.25, -0.2) is 0 Å². The number of nitro benzene ring substituents is 1. The van der Waals surface area contributed by atoms with Crippen LogP contribution in [0, 0.1) is 10.1 Å². The Labute approximate surface area is 148 Å². The summed E-state index contributed by atoms with van der Waals surface area (Å²) in [5.74, 6) is -0.802. The first-order valence-corrected chi connectivity index (χ1v) is 8.00. The second-order valence-electron chi connectivity index (χ2n) is 5.78. The van der Waals surface area contributed by atoms with Crippen LogP contribution < -0.4 is 5.32 Å². The fourth-order valence-corrected chi connectivity index (χ4v) is 2.89. The second-order valence-corrected chi connectivity index (χ2v) is 5.78. The van der Waals surface area contributed by atoms with Gasteiger partial charge in [0.05, 0.1) is 11.5 Å². The number of aromatic nitrogens is 2. The molecule has 0 unspecified atom stereocenters. The maximum absolute atomic E-state index is 12.8. The topological polar surface area (TPSA) is 121 Å². The van der Waals surface area contributed by atoms with Crippen LogP contribution in [0.4, 0.5) is 5.69 Å². The summed E-state index contributed by atoms with van der Waals surface area (Å²) in [5.41, 5.74) is 1.44. The Morgan fingerprint density at radius 2 is 2.19 bits per heavy atom. The monoisotopic (exact) mass is 355 g/mol. The molecule has 2 amide bonds. The van der Waals surface area contributed by atoms with Crippen LogP contribution in [-0.2, 0) is 13.0 Å². The zero-order chi connectivity index (χ0) is 18.7. The molecule has 134 valence electrons. The number of benzene rings is 1. The number of carbonyl (C=O) groups is 2. The number of fused-ring (bicyclic) bond motifs is 1. The molecule has 26 heavy (non-hydrogen) atoms. The molecule has 2 heterocycles. The molecule has 3 rings (SSSR count). The first-order valence-electron chi connectivity index (χ1n) is 8.00. The van der Waals surface area contributed by atoms with Crippen molar-refractivity contribution in [3.05, 3.63) is 69.5 Å². The number of para-hydroxylation sites is 1. The van der Waals surface area contributed by atoms with Gasteiger partial charge < -0.3 is 10.2 Å². The van der Waals surface area contributed by atoms with E-state index in [-0.39, 0.29) is 29.4 Å². The van der Waals surface area contributed by atoms with Gasteiger partial charge in [0, 0.05) is 36.8 Å². The highest BCUT2D eigenvalue weighted by molar-refractivity contribution is 5.99. The predicted molar refractivity (Wildman–Crippen MR) is 92.7 cm³/mol. The zero-order valence-electron chi connectivity index (χ0n) is 13.9. The molecule has 0 fully saturated rings. The molecule has 2 aromatic rings. The van der Waals surface area contributed by atoms with Crippen molar-refractivity contribution in [2.45, 2.75) is 13.0 Å². The lowest BCUT2D eigenvalue weighted by Crippen LogP contribution is -2.37. The van der Waals surface area contributed by atoms with Crippen molar-refractivity contribution in [2.75, 3.05) is 13.1 Å². The van der Waals surface area contributed by atoms with Gasteiger partial charge in [-0.05, 0) is 6.07 Å². The third kappa shape index (κ3) is 3.18. The summed E-state index contributed by atoms with van der Waals surface area (Å²) in [6.45, 7) is 4.39. The highest BCUT2D eigenvalue weighted by Crippen LogP contribution is 2.25. The van der Waals surface area contributed by atoms with E-state index in [2.05, 4.69) is 22.1 Å². The molecular weight excluding hydrogens is 338 g/mol. The number of hydrogen-bond donors (Lipinski definition) is 2. The number of amides is 2. The fraction of sp³-hybridized carbons (Fsp3) is 0.235. The minimum atomic E-state index is -0.575. The van der Waals surface area contributed by atoms with Crippen LogP contribution >= 0.6 is 0 Å². The van der Waals surface area contributed by atoms with E-state index in [0.29, 0.717) is 25.1 Å². The average molecular weight is 355 g/mol. The van der Waals surface area contributed by atoms with Gasteiger partial charge in [-0.2, -0.15) is 5.10 Å². The lowest BCUT2D eigenvalue weighted by atomic mass is 10.0. The number of nitrogens with one attached hydrogen (secondary N) is 2. The minimum absolute atomic E-state index is 0.0297. The zero-order valence-corrected chi connectivity index (χ0v) is 13.9. The molecule has 1 aromatic heterocycles. The second kappa shape index (κ2) is 7.18. The van der Waals surface area contributed by atoms with Crippen molar-refractivity contribution < 1.29 is 14.5 Å². The summed E-state index contributed by atoms with van der Waals surface area (Å²) >= 11 is 0. The van der Waals surface area contributed by atoms with E-state index < -0.39 is 10.8 Å². The molecule has 1 aromatic carbocycles. The molecule has 0 aliphatic carbocycles. The van der Waals surface area contributed by atoms with Crippen LogP contribution in [0.15, 0.2) is 36.9 Å². The molecular formula is C17H17N5O4. The Kier molecular flexibility index (Phi) is 4.78. The molecule has 1 aliphatic heterocycles. The number of H-pyrrole nitrogens is 1. The quantitative estimate of drug-likeness (QED) is 0.477. The van der Waals surface area contributed by atoms with Gasteiger partial charge in [0.1, 0.15) is 5.56 Å². The number of nitro groups is 1. The van der Waals surface area contributed by atoms with Crippen LogP contribution in [0.1, 0.15) is 32.1 Å². The van der Waals surface area contributed by atoms with E-state index in [1.54, 1.807) is 12.1 Å². The molecule has 2 N–H and O–H groups in total. The van der Waals surface area contributed by atoms with E-state index in [9.17, 15) is 19.7 Å².